The summed E-state index contributed by atoms with van der Waals surface area (Å²) < 4.78 is 51.5. The third-order valence-electron chi connectivity index (χ3n) is 1.53. The van der Waals surface area contributed by atoms with Gasteiger partial charge >= 0.3 is 12.1 Å². The lowest BCUT2D eigenvalue weighted by Crippen LogP contribution is -2.20. The zero-order valence-electron chi connectivity index (χ0n) is 8.52. The van der Waals surface area contributed by atoms with Crippen LogP contribution in [0.2, 0.25) is 0 Å². The van der Waals surface area contributed by atoms with Crippen LogP contribution in [-0.2, 0) is 15.5 Å². The predicted octanol–water partition coefficient (Wildman–Crippen LogP) is 0.933. The third-order valence-corrected chi connectivity index (χ3v) is 2.79. The molecule has 0 bridgehead atoms. The Morgan fingerprint density at radius 1 is 1.47 bits per heavy atom. The molecule has 0 saturated heterocycles. The van der Waals surface area contributed by atoms with Crippen molar-refractivity contribution in [3.63, 3.8) is 0 Å². The molecule has 9 heteroatoms. The van der Waals surface area contributed by atoms with Crippen molar-refractivity contribution in [2.45, 2.75) is 11.2 Å². The summed E-state index contributed by atoms with van der Waals surface area (Å²) in [6, 6.07) is 0. The maximum atomic E-state index is 12.0. The summed E-state index contributed by atoms with van der Waals surface area (Å²) >= 11 is 0. The van der Waals surface area contributed by atoms with Crippen LogP contribution in [0.1, 0.15) is 10.5 Å². The fourth-order valence-electron chi connectivity index (χ4n) is 0.883. The Morgan fingerprint density at radius 2 is 2.12 bits per heavy atom. The molecule has 0 N–H and O–H groups in total. The number of carbonyl (C=O) groups is 1. The fraction of sp³-hybridized carbons (Fsp3) is 0.375. The number of nitrogens with zero attached hydrogens (tertiary/aromatic N) is 2. The van der Waals surface area contributed by atoms with Crippen LogP contribution in [0, 0.1) is 0 Å². The van der Waals surface area contributed by atoms with Gasteiger partial charge in [-0.05, 0) is 0 Å². The van der Waals surface area contributed by atoms with E-state index in [1.54, 1.807) is 0 Å². The first kappa shape index (κ1) is 13.6. The van der Waals surface area contributed by atoms with Gasteiger partial charge in [-0.1, -0.05) is 0 Å². The SMILES string of the molecule is COC(=O)c1cncc(S(=O)CC(F)(F)F)n1. The Morgan fingerprint density at radius 3 is 2.65 bits per heavy atom. The largest absolute Gasteiger partial charge is 0.464 e. The van der Waals surface area contributed by atoms with Gasteiger partial charge in [0.1, 0.15) is 10.8 Å². The summed E-state index contributed by atoms with van der Waals surface area (Å²) in [5.74, 6) is -2.39. The topological polar surface area (TPSA) is 69.2 Å². The first-order valence-corrected chi connectivity index (χ1v) is 5.51. The van der Waals surface area contributed by atoms with E-state index < -0.39 is 33.7 Å². The number of rotatable bonds is 3. The van der Waals surface area contributed by atoms with E-state index >= 15 is 0 Å². The van der Waals surface area contributed by atoms with E-state index in [-0.39, 0.29) is 5.69 Å². The van der Waals surface area contributed by atoms with Crippen molar-refractivity contribution in [1.82, 2.24) is 9.97 Å². The second-order valence-corrected chi connectivity index (χ2v) is 4.24. The second kappa shape index (κ2) is 5.21. The molecular weight excluding hydrogens is 261 g/mol. The lowest BCUT2D eigenvalue weighted by molar-refractivity contribution is -0.105. The van der Waals surface area contributed by atoms with Gasteiger partial charge in [0.15, 0.2) is 5.69 Å². The predicted molar refractivity (Wildman–Crippen MR) is 50.7 cm³/mol. The molecule has 1 heterocycles. The van der Waals surface area contributed by atoms with Crippen LogP contribution in [-0.4, -0.2) is 39.2 Å². The average Bonchev–Trinajstić information content (AvgIpc) is 2.26. The summed E-state index contributed by atoms with van der Waals surface area (Å²) in [5, 5.41) is -0.412. The molecule has 5 nitrogen and oxygen atoms in total. The molecule has 1 aromatic heterocycles. The van der Waals surface area contributed by atoms with E-state index in [1.165, 1.54) is 0 Å². The van der Waals surface area contributed by atoms with E-state index in [4.69, 9.17) is 0 Å². The zero-order valence-corrected chi connectivity index (χ0v) is 9.34. The minimum atomic E-state index is -4.58. The molecule has 0 aromatic carbocycles. The third kappa shape index (κ3) is 4.10. The van der Waals surface area contributed by atoms with Crippen LogP contribution in [0.4, 0.5) is 13.2 Å². The van der Waals surface area contributed by atoms with Gasteiger partial charge in [-0.15, -0.1) is 0 Å². The molecule has 0 spiro atoms. The van der Waals surface area contributed by atoms with E-state index in [9.17, 15) is 22.2 Å². The molecule has 0 aliphatic rings. The number of aromatic nitrogens is 2. The molecular formula is C8H7F3N2O3S. The highest BCUT2D eigenvalue weighted by Crippen LogP contribution is 2.18. The first-order chi connectivity index (χ1) is 7.83. The molecule has 0 fully saturated rings. The summed E-state index contributed by atoms with van der Waals surface area (Å²) in [4.78, 5) is 18.0. The van der Waals surface area contributed by atoms with Crippen molar-refractivity contribution in [3.05, 3.63) is 18.1 Å². The zero-order chi connectivity index (χ0) is 13.1. The number of hydrogen-bond donors (Lipinski definition) is 0. The lowest BCUT2D eigenvalue weighted by Gasteiger charge is -2.05. The summed E-state index contributed by atoms with van der Waals surface area (Å²) in [7, 11) is -1.30. The number of methoxy groups -OCH3 is 1. The van der Waals surface area contributed by atoms with Crippen molar-refractivity contribution in [2.24, 2.45) is 0 Å². The average molecular weight is 268 g/mol. The number of halogens is 3. The molecule has 1 atom stereocenters. The maximum absolute atomic E-state index is 12.0. The Kier molecular flexibility index (Phi) is 4.16. The normalized spacial score (nSPS) is 13.2. The van der Waals surface area contributed by atoms with Gasteiger partial charge < -0.3 is 4.74 Å². The van der Waals surface area contributed by atoms with Crippen LogP contribution in [0.25, 0.3) is 0 Å². The molecule has 1 rings (SSSR count). The van der Waals surface area contributed by atoms with E-state index in [0.29, 0.717) is 0 Å². The summed E-state index contributed by atoms with van der Waals surface area (Å²) in [6.07, 6.45) is -2.65. The fourth-order valence-corrected chi connectivity index (χ4v) is 1.71. The molecule has 0 aliphatic heterocycles. The number of hydrogen-bond acceptors (Lipinski definition) is 5. The maximum Gasteiger partial charge on any atom is 0.400 e. The molecule has 17 heavy (non-hydrogen) atoms. The quantitative estimate of drug-likeness (QED) is 0.763. The number of carbonyl (C=O) groups excluding carboxylic acids is 1. The number of esters is 1. The van der Waals surface area contributed by atoms with Crippen LogP contribution >= 0.6 is 0 Å². The van der Waals surface area contributed by atoms with Crippen LogP contribution in [0.3, 0.4) is 0 Å². The first-order valence-electron chi connectivity index (χ1n) is 4.19. The number of alkyl halides is 3. The van der Waals surface area contributed by atoms with Gasteiger partial charge in [-0.25, -0.2) is 9.78 Å². The van der Waals surface area contributed by atoms with Crippen LogP contribution < -0.4 is 0 Å². The molecule has 1 aromatic rings. The molecule has 0 saturated carbocycles. The van der Waals surface area contributed by atoms with Crippen molar-refractivity contribution in [1.29, 1.82) is 0 Å². The molecule has 1 unspecified atom stereocenters. The van der Waals surface area contributed by atoms with Crippen LogP contribution in [0.15, 0.2) is 17.4 Å². The smallest absolute Gasteiger partial charge is 0.400 e. The monoisotopic (exact) mass is 268 g/mol. The molecule has 0 aliphatic carbocycles. The Bertz CT molecular complexity index is 450. The molecule has 94 valence electrons. The minimum Gasteiger partial charge on any atom is -0.464 e. The highest BCUT2D eigenvalue weighted by Gasteiger charge is 2.31. The highest BCUT2D eigenvalue weighted by atomic mass is 32.2. The lowest BCUT2D eigenvalue weighted by atomic mass is 10.5. The Hall–Kier alpha value is -1.51. The van der Waals surface area contributed by atoms with Crippen molar-refractivity contribution >= 4 is 16.8 Å². The molecule has 0 amide bonds. The highest BCUT2D eigenvalue weighted by molar-refractivity contribution is 7.85. The Balaban J connectivity index is 2.92. The van der Waals surface area contributed by atoms with E-state index in [2.05, 4.69) is 14.7 Å². The standard InChI is InChI=1S/C8H7F3N2O3S/c1-16-7(14)5-2-12-3-6(13-5)17(15)4-8(9,10)11/h2-3H,4H2,1H3. The minimum absolute atomic E-state index is 0.291. The second-order valence-electron chi connectivity index (χ2n) is 2.84. The van der Waals surface area contributed by atoms with Gasteiger partial charge in [0, 0.05) is 0 Å². The van der Waals surface area contributed by atoms with Gasteiger partial charge in [0.2, 0.25) is 0 Å². The van der Waals surface area contributed by atoms with Gasteiger partial charge in [-0.2, -0.15) is 13.2 Å². The summed E-state index contributed by atoms with van der Waals surface area (Å²) in [5.41, 5.74) is -0.291. The van der Waals surface area contributed by atoms with Gasteiger partial charge in [0.25, 0.3) is 0 Å². The van der Waals surface area contributed by atoms with Crippen molar-refractivity contribution in [3.8, 4) is 0 Å². The number of ether oxygens (including phenoxy) is 1. The van der Waals surface area contributed by atoms with Crippen molar-refractivity contribution < 1.29 is 26.9 Å². The van der Waals surface area contributed by atoms with Gasteiger partial charge in [-0.3, -0.25) is 9.19 Å². The molecule has 0 radical (unpaired) electrons. The van der Waals surface area contributed by atoms with Crippen molar-refractivity contribution in [2.75, 3.05) is 12.9 Å². The van der Waals surface area contributed by atoms with Crippen LogP contribution in [0.5, 0.6) is 0 Å². The van der Waals surface area contributed by atoms with Gasteiger partial charge in [0.05, 0.1) is 30.3 Å². The van der Waals surface area contributed by atoms with E-state index in [1.807, 2.05) is 0 Å². The summed E-state index contributed by atoms with van der Waals surface area (Å²) in [6.45, 7) is 0. The Labute approximate surface area is 96.5 Å². The van der Waals surface area contributed by atoms with E-state index in [0.717, 1.165) is 19.5 Å².